The van der Waals surface area contributed by atoms with Crippen molar-refractivity contribution in [2.24, 2.45) is 0 Å². The van der Waals surface area contributed by atoms with Crippen molar-refractivity contribution in [3.05, 3.63) is 17.5 Å². The maximum atomic E-state index is 11.8. The van der Waals surface area contributed by atoms with E-state index >= 15 is 0 Å². The van der Waals surface area contributed by atoms with Crippen LogP contribution in [-0.2, 0) is 0 Å². The number of hydrogen-bond donors (Lipinski definition) is 2. The highest BCUT2D eigenvalue weighted by atomic mass is 16.1. The van der Waals surface area contributed by atoms with Gasteiger partial charge in [0.05, 0.1) is 0 Å². The third-order valence-electron chi connectivity index (χ3n) is 3.79. The van der Waals surface area contributed by atoms with Crippen LogP contribution in [0, 0.1) is 6.92 Å². The van der Waals surface area contributed by atoms with Crippen molar-refractivity contribution in [2.45, 2.75) is 20.3 Å². The fourth-order valence-electron chi connectivity index (χ4n) is 2.46. The third kappa shape index (κ3) is 4.31. The van der Waals surface area contributed by atoms with Gasteiger partial charge in [-0.1, -0.05) is 6.92 Å². The van der Waals surface area contributed by atoms with Gasteiger partial charge in [-0.2, -0.15) is 5.10 Å². The number of H-pyrrole nitrogens is 1. The smallest absolute Gasteiger partial charge is 0.271 e. The molecule has 1 aliphatic heterocycles. The quantitative estimate of drug-likeness (QED) is 0.743. The van der Waals surface area contributed by atoms with Crippen LogP contribution in [0.3, 0.4) is 0 Å². The number of amides is 1. The van der Waals surface area contributed by atoms with Crippen LogP contribution in [0.5, 0.6) is 0 Å². The zero-order chi connectivity index (χ0) is 14.4. The molecule has 0 aliphatic carbocycles. The van der Waals surface area contributed by atoms with Gasteiger partial charge in [-0.25, -0.2) is 0 Å². The molecular formula is C14H25N5O. The minimum absolute atomic E-state index is 0.0925. The number of hydrogen-bond acceptors (Lipinski definition) is 4. The molecule has 0 bridgehead atoms. The first-order valence-electron chi connectivity index (χ1n) is 7.44. The molecule has 0 aromatic carbocycles. The molecule has 1 saturated heterocycles. The summed E-state index contributed by atoms with van der Waals surface area (Å²) in [6.45, 7) is 11.6. The van der Waals surface area contributed by atoms with Crippen LogP contribution >= 0.6 is 0 Å². The van der Waals surface area contributed by atoms with Crippen LogP contribution < -0.4 is 5.32 Å². The largest absolute Gasteiger partial charge is 0.351 e. The van der Waals surface area contributed by atoms with Gasteiger partial charge in [-0.15, -0.1) is 0 Å². The Morgan fingerprint density at radius 3 is 2.65 bits per heavy atom. The monoisotopic (exact) mass is 279 g/mol. The van der Waals surface area contributed by atoms with E-state index in [1.807, 2.05) is 6.92 Å². The molecule has 20 heavy (non-hydrogen) atoms. The molecule has 0 spiro atoms. The average molecular weight is 279 g/mol. The lowest BCUT2D eigenvalue weighted by molar-refractivity contribution is 0.0943. The number of aromatic nitrogens is 2. The van der Waals surface area contributed by atoms with E-state index in [2.05, 4.69) is 32.2 Å². The van der Waals surface area contributed by atoms with Crippen LogP contribution in [0.4, 0.5) is 0 Å². The minimum Gasteiger partial charge on any atom is -0.351 e. The summed E-state index contributed by atoms with van der Waals surface area (Å²) >= 11 is 0. The Morgan fingerprint density at radius 2 is 2.05 bits per heavy atom. The van der Waals surface area contributed by atoms with Gasteiger partial charge < -0.3 is 15.1 Å². The molecule has 112 valence electrons. The fourth-order valence-corrected chi connectivity index (χ4v) is 2.46. The number of carbonyl (C=O) groups is 1. The third-order valence-corrected chi connectivity index (χ3v) is 3.79. The molecule has 1 aromatic rings. The molecule has 0 unspecified atom stereocenters. The molecule has 0 radical (unpaired) electrons. The number of aromatic amines is 1. The van der Waals surface area contributed by atoms with Crippen molar-refractivity contribution in [1.29, 1.82) is 0 Å². The summed E-state index contributed by atoms with van der Waals surface area (Å²) in [5, 5.41) is 9.64. The number of carbonyl (C=O) groups excluding carboxylic acids is 1. The predicted molar refractivity (Wildman–Crippen MR) is 78.8 cm³/mol. The second-order valence-corrected chi connectivity index (χ2v) is 5.32. The van der Waals surface area contributed by atoms with E-state index in [0.29, 0.717) is 12.2 Å². The maximum Gasteiger partial charge on any atom is 0.271 e. The van der Waals surface area contributed by atoms with Gasteiger partial charge in [0.15, 0.2) is 0 Å². The zero-order valence-corrected chi connectivity index (χ0v) is 12.5. The SMILES string of the molecule is CCN1CCN(CCCNC(=O)c2cc(C)[nH]n2)CC1. The van der Waals surface area contributed by atoms with Gasteiger partial charge in [0.2, 0.25) is 0 Å². The van der Waals surface area contributed by atoms with E-state index in [-0.39, 0.29) is 5.91 Å². The Hall–Kier alpha value is -1.40. The van der Waals surface area contributed by atoms with Crippen molar-refractivity contribution in [3.63, 3.8) is 0 Å². The topological polar surface area (TPSA) is 64.3 Å². The van der Waals surface area contributed by atoms with Crippen LogP contribution in [-0.4, -0.2) is 71.7 Å². The first kappa shape index (κ1) is 15.0. The Kier molecular flexibility index (Phi) is 5.55. The molecule has 6 nitrogen and oxygen atoms in total. The number of nitrogens with one attached hydrogen (secondary N) is 2. The summed E-state index contributed by atoms with van der Waals surface area (Å²) in [5.41, 5.74) is 1.38. The van der Waals surface area contributed by atoms with Crippen molar-refractivity contribution >= 4 is 5.91 Å². The number of piperazine rings is 1. The summed E-state index contributed by atoms with van der Waals surface area (Å²) in [4.78, 5) is 16.7. The summed E-state index contributed by atoms with van der Waals surface area (Å²) < 4.78 is 0. The summed E-state index contributed by atoms with van der Waals surface area (Å²) in [5.74, 6) is -0.0925. The second kappa shape index (κ2) is 7.40. The maximum absolute atomic E-state index is 11.8. The van der Waals surface area contributed by atoms with Gasteiger partial charge in [0.1, 0.15) is 5.69 Å². The highest BCUT2D eigenvalue weighted by molar-refractivity contribution is 5.92. The zero-order valence-electron chi connectivity index (χ0n) is 12.5. The average Bonchev–Trinajstić information content (AvgIpc) is 2.91. The molecule has 2 rings (SSSR count). The Labute approximate surface area is 120 Å². The molecular weight excluding hydrogens is 254 g/mol. The number of likely N-dealkylation sites (N-methyl/N-ethyl adjacent to an activating group) is 1. The Bertz CT molecular complexity index is 423. The summed E-state index contributed by atoms with van der Waals surface area (Å²) in [6, 6.07) is 1.76. The molecule has 2 N–H and O–H groups in total. The standard InChI is InChI=1S/C14H25N5O/c1-3-18-7-9-19(10-8-18)6-4-5-15-14(20)13-11-12(2)16-17-13/h11H,3-10H2,1-2H3,(H,15,20)(H,16,17). The van der Waals surface area contributed by atoms with Gasteiger partial charge in [0, 0.05) is 38.4 Å². The van der Waals surface area contributed by atoms with Crippen molar-refractivity contribution in [1.82, 2.24) is 25.3 Å². The molecule has 6 heteroatoms. The van der Waals surface area contributed by atoms with E-state index < -0.39 is 0 Å². The highest BCUT2D eigenvalue weighted by Gasteiger charge is 2.15. The van der Waals surface area contributed by atoms with Crippen LogP contribution in [0.25, 0.3) is 0 Å². The van der Waals surface area contributed by atoms with Crippen molar-refractivity contribution in [3.8, 4) is 0 Å². The van der Waals surface area contributed by atoms with E-state index in [9.17, 15) is 4.79 Å². The molecule has 1 fully saturated rings. The molecule has 0 atom stereocenters. The van der Waals surface area contributed by atoms with E-state index in [1.165, 1.54) is 0 Å². The number of aryl methyl sites for hydroxylation is 1. The summed E-state index contributed by atoms with van der Waals surface area (Å²) in [6.07, 6.45) is 0.987. The molecule has 1 amide bonds. The molecule has 1 aromatic heterocycles. The van der Waals surface area contributed by atoms with Gasteiger partial charge in [-0.3, -0.25) is 9.89 Å². The van der Waals surface area contributed by atoms with Crippen LogP contribution in [0.15, 0.2) is 6.07 Å². The number of nitrogens with zero attached hydrogens (tertiary/aromatic N) is 3. The van der Waals surface area contributed by atoms with E-state index in [4.69, 9.17) is 0 Å². The minimum atomic E-state index is -0.0925. The predicted octanol–water partition coefficient (Wildman–Crippen LogP) is 0.476. The fraction of sp³-hybridized carbons (Fsp3) is 0.714. The first-order valence-corrected chi connectivity index (χ1v) is 7.44. The first-order chi connectivity index (χ1) is 9.69. The van der Waals surface area contributed by atoms with Crippen LogP contribution in [0.2, 0.25) is 0 Å². The lowest BCUT2D eigenvalue weighted by Crippen LogP contribution is -2.46. The molecule has 0 saturated carbocycles. The van der Waals surface area contributed by atoms with Gasteiger partial charge >= 0.3 is 0 Å². The Morgan fingerprint density at radius 1 is 1.35 bits per heavy atom. The lowest BCUT2D eigenvalue weighted by Gasteiger charge is -2.33. The van der Waals surface area contributed by atoms with Crippen molar-refractivity contribution in [2.75, 3.05) is 45.8 Å². The van der Waals surface area contributed by atoms with Gasteiger partial charge in [-0.05, 0) is 32.5 Å². The number of rotatable bonds is 6. The second-order valence-electron chi connectivity index (χ2n) is 5.32. The lowest BCUT2D eigenvalue weighted by atomic mass is 10.3. The van der Waals surface area contributed by atoms with Crippen LogP contribution in [0.1, 0.15) is 29.5 Å². The van der Waals surface area contributed by atoms with E-state index in [1.54, 1.807) is 6.07 Å². The summed E-state index contributed by atoms with van der Waals surface area (Å²) in [7, 11) is 0. The van der Waals surface area contributed by atoms with Gasteiger partial charge in [0.25, 0.3) is 5.91 Å². The highest BCUT2D eigenvalue weighted by Crippen LogP contribution is 2.02. The van der Waals surface area contributed by atoms with Crippen molar-refractivity contribution < 1.29 is 4.79 Å². The normalized spacial score (nSPS) is 17.3. The van der Waals surface area contributed by atoms with E-state index in [0.717, 1.165) is 51.4 Å². The Balaban J connectivity index is 1.59. The molecule has 2 heterocycles. The molecule has 1 aliphatic rings.